The Morgan fingerprint density at radius 2 is 2.15 bits per heavy atom. The third kappa shape index (κ3) is 1.50. The first-order valence-corrected chi connectivity index (χ1v) is 4.39. The Labute approximate surface area is 76.9 Å². The normalized spacial score (nSPS) is 10.2. The molecule has 0 saturated carbocycles. The van der Waals surface area contributed by atoms with Gasteiger partial charge in [-0.05, 0) is 12.1 Å². The zero-order valence-corrected chi connectivity index (χ0v) is 7.27. The van der Waals surface area contributed by atoms with Gasteiger partial charge in [0.25, 0.3) is 0 Å². The lowest BCUT2D eigenvalue weighted by atomic mass is 10.2. The van der Waals surface area contributed by atoms with Crippen molar-refractivity contribution in [3.8, 4) is 10.6 Å². The summed E-state index contributed by atoms with van der Waals surface area (Å²) >= 11 is 0.893. The number of benzene rings is 1. The van der Waals surface area contributed by atoms with Crippen LogP contribution in [-0.4, -0.2) is 10.2 Å². The molecule has 0 atom stereocenters. The Morgan fingerprint density at radius 3 is 2.77 bits per heavy atom. The van der Waals surface area contributed by atoms with Gasteiger partial charge < -0.3 is 0 Å². The summed E-state index contributed by atoms with van der Waals surface area (Å²) in [6.45, 7) is 0. The zero-order valence-electron chi connectivity index (χ0n) is 6.45. The first-order chi connectivity index (χ1) is 6.27. The van der Waals surface area contributed by atoms with Crippen molar-refractivity contribution in [2.24, 2.45) is 0 Å². The summed E-state index contributed by atoms with van der Waals surface area (Å²) in [4.78, 5) is 10.5. The van der Waals surface area contributed by atoms with E-state index in [1.807, 2.05) is 0 Å². The third-order valence-electron chi connectivity index (χ3n) is 1.54. The van der Waals surface area contributed by atoms with Gasteiger partial charge in [0.05, 0.1) is 0 Å². The monoisotopic (exact) mass is 196 g/mol. The van der Waals surface area contributed by atoms with Crippen LogP contribution in [-0.2, 0) is 0 Å². The summed E-state index contributed by atoms with van der Waals surface area (Å²) < 4.78 is 13.1. The van der Waals surface area contributed by atoms with Gasteiger partial charge in [0.15, 0.2) is 5.01 Å². The van der Waals surface area contributed by atoms with Crippen molar-refractivity contribution in [3.05, 3.63) is 39.8 Å². The smallest absolute Gasteiger partial charge is 0.255 e. The maximum Gasteiger partial charge on any atom is 0.322 e. The summed E-state index contributed by atoms with van der Waals surface area (Å²) in [5, 5.41) is 6.31. The van der Waals surface area contributed by atoms with Gasteiger partial charge >= 0.3 is 4.87 Å². The van der Waals surface area contributed by atoms with Crippen molar-refractivity contribution in [2.45, 2.75) is 0 Å². The van der Waals surface area contributed by atoms with Gasteiger partial charge in [0.1, 0.15) is 5.82 Å². The van der Waals surface area contributed by atoms with E-state index in [4.69, 9.17) is 0 Å². The average molecular weight is 196 g/mol. The lowest BCUT2D eigenvalue weighted by Gasteiger charge is -1.94. The van der Waals surface area contributed by atoms with Gasteiger partial charge in [-0.25, -0.2) is 9.49 Å². The Morgan fingerprint density at radius 1 is 1.38 bits per heavy atom. The summed E-state index contributed by atoms with van der Waals surface area (Å²) in [6, 6.07) is 6.21. The minimum atomic E-state index is -0.370. The minimum absolute atomic E-state index is 0.279. The largest absolute Gasteiger partial charge is 0.322 e. The van der Waals surface area contributed by atoms with Crippen LogP contribution in [0, 0.1) is 5.82 Å². The Hall–Kier alpha value is -1.49. The quantitative estimate of drug-likeness (QED) is 0.753. The van der Waals surface area contributed by atoms with E-state index in [1.54, 1.807) is 18.2 Å². The molecule has 0 spiro atoms. The molecule has 2 aromatic rings. The fraction of sp³-hybridized carbons (Fsp3) is 0. The highest BCUT2D eigenvalue weighted by Crippen LogP contribution is 2.21. The fourth-order valence-electron chi connectivity index (χ4n) is 0.980. The summed E-state index contributed by atoms with van der Waals surface area (Å²) in [6.07, 6.45) is 0. The van der Waals surface area contributed by atoms with Crippen LogP contribution in [0.2, 0.25) is 0 Å². The van der Waals surface area contributed by atoms with Gasteiger partial charge in [-0.1, -0.05) is 23.5 Å². The molecule has 0 saturated heterocycles. The number of H-pyrrole nitrogens is 1. The van der Waals surface area contributed by atoms with E-state index in [0.29, 0.717) is 10.6 Å². The first-order valence-electron chi connectivity index (χ1n) is 3.58. The molecule has 1 heterocycles. The number of halogens is 1. The molecule has 1 aromatic carbocycles. The fourth-order valence-corrected chi connectivity index (χ4v) is 1.61. The molecule has 3 nitrogen and oxygen atoms in total. The molecule has 13 heavy (non-hydrogen) atoms. The van der Waals surface area contributed by atoms with E-state index < -0.39 is 0 Å². The van der Waals surface area contributed by atoms with Crippen LogP contribution in [0.25, 0.3) is 10.6 Å². The van der Waals surface area contributed by atoms with Crippen LogP contribution in [0.5, 0.6) is 0 Å². The number of aromatic nitrogens is 2. The predicted molar refractivity (Wildman–Crippen MR) is 48.1 cm³/mol. The van der Waals surface area contributed by atoms with Crippen molar-refractivity contribution >= 4 is 11.3 Å². The highest BCUT2D eigenvalue weighted by Gasteiger charge is 2.07. The van der Waals surface area contributed by atoms with Crippen LogP contribution in [0.3, 0.4) is 0 Å². The topological polar surface area (TPSA) is 45.8 Å². The molecule has 0 aliphatic carbocycles. The van der Waals surface area contributed by atoms with Crippen LogP contribution >= 0.6 is 11.3 Å². The average Bonchev–Trinajstić information content (AvgIpc) is 2.53. The van der Waals surface area contributed by atoms with E-state index in [-0.39, 0.29) is 10.7 Å². The molecule has 0 amide bonds. The van der Waals surface area contributed by atoms with Crippen molar-refractivity contribution in [1.82, 2.24) is 10.2 Å². The molecule has 0 bridgehead atoms. The SMILES string of the molecule is O=c1[nH]nc(-c2ccccc2F)s1. The van der Waals surface area contributed by atoms with Gasteiger partial charge in [-0.3, -0.25) is 4.79 Å². The summed E-state index contributed by atoms with van der Waals surface area (Å²) in [7, 11) is 0. The van der Waals surface area contributed by atoms with Crippen molar-refractivity contribution in [1.29, 1.82) is 0 Å². The van der Waals surface area contributed by atoms with Crippen LogP contribution in [0.1, 0.15) is 0 Å². The maximum atomic E-state index is 13.1. The maximum absolute atomic E-state index is 13.1. The van der Waals surface area contributed by atoms with E-state index >= 15 is 0 Å². The van der Waals surface area contributed by atoms with Gasteiger partial charge in [-0.2, -0.15) is 5.10 Å². The molecule has 66 valence electrons. The molecular weight excluding hydrogens is 191 g/mol. The molecule has 1 N–H and O–H groups in total. The minimum Gasteiger partial charge on any atom is -0.255 e. The Balaban J connectivity index is 2.58. The van der Waals surface area contributed by atoms with Crippen LogP contribution in [0.15, 0.2) is 29.1 Å². The lowest BCUT2D eigenvalue weighted by molar-refractivity contribution is 0.631. The highest BCUT2D eigenvalue weighted by molar-refractivity contribution is 7.12. The van der Waals surface area contributed by atoms with Gasteiger partial charge in [-0.15, -0.1) is 0 Å². The summed E-state index contributed by atoms with van der Waals surface area (Å²) in [5.74, 6) is -0.370. The number of hydrogen-bond donors (Lipinski definition) is 1. The standard InChI is InChI=1S/C8H5FN2OS/c9-6-4-2-1-3-5(6)7-10-11-8(12)13-7/h1-4H,(H,11,12). The van der Waals surface area contributed by atoms with Crippen LogP contribution < -0.4 is 4.87 Å². The third-order valence-corrected chi connectivity index (χ3v) is 2.32. The van der Waals surface area contributed by atoms with E-state index in [1.165, 1.54) is 6.07 Å². The van der Waals surface area contributed by atoms with Crippen molar-refractivity contribution < 1.29 is 4.39 Å². The second-order valence-electron chi connectivity index (χ2n) is 2.40. The second-order valence-corrected chi connectivity index (χ2v) is 3.36. The molecule has 0 fully saturated rings. The Bertz CT molecular complexity index is 477. The van der Waals surface area contributed by atoms with E-state index in [9.17, 15) is 9.18 Å². The molecule has 0 aliphatic rings. The van der Waals surface area contributed by atoms with E-state index in [2.05, 4.69) is 10.2 Å². The van der Waals surface area contributed by atoms with E-state index in [0.717, 1.165) is 11.3 Å². The Kier molecular flexibility index (Phi) is 1.94. The molecule has 5 heteroatoms. The number of nitrogens with zero attached hydrogens (tertiary/aromatic N) is 1. The molecular formula is C8H5FN2OS. The zero-order chi connectivity index (χ0) is 9.26. The molecule has 0 unspecified atom stereocenters. The number of aromatic amines is 1. The molecule has 2 rings (SSSR count). The van der Waals surface area contributed by atoms with Crippen LogP contribution in [0.4, 0.5) is 4.39 Å². The predicted octanol–water partition coefficient (Wildman–Crippen LogP) is 1.64. The van der Waals surface area contributed by atoms with Gasteiger partial charge in [0, 0.05) is 5.56 Å². The number of hydrogen-bond acceptors (Lipinski definition) is 3. The molecule has 1 aromatic heterocycles. The van der Waals surface area contributed by atoms with Crippen molar-refractivity contribution in [2.75, 3.05) is 0 Å². The molecule has 0 radical (unpaired) electrons. The number of rotatable bonds is 1. The van der Waals surface area contributed by atoms with Crippen molar-refractivity contribution in [3.63, 3.8) is 0 Å². The molecule has 0 aliphatic heterocycles. The lowest BCUT2D eigenvalue weighted by Crippen LogP contribution is -1.90. The first kappa shape index (κ1) is 8.12. The van der Waals surface area contributed by atoms with Gasteiger partial charge in [0.2, 0.25) is 0 Å². The highest BCUT2D eigenvalue weighted by atomic mass is 32.1. The second kappa shape index (κ2) is 3.10. The number of nitrogens with one attached hydrogen (secondary N) is 1. The summed E-state index contributed by atoms with van der Waals surface area (Å²) in [5.41, 5.74) is 0.353.